The lowest BCUT2D eigenvalue weighted by Crippen LogP contribution is -2.47. The molecule has 1 aromatic rings. The highest BCUT2D eigenvalue weighted by atomic mass is 16.5. The number of nitrogens with one attached hydrogen (secondary N) is 2. The molecular formula is C19H34N6O3. The third-order valence-electron chi connectivity index (χ3n) is 4.95. The summed E-state index contributed by atoms with van der Waals surface area (Å²) in [6, 6.07) is 0.292. The first-order valence-corrected chi connectivity index (χ1v) is 10.4. The number of hydrogen-bond donors (Lipinski definition) is 2. The number of ether oxygens (including phenoxy) is 3. The Morgan fingerprint density at radius 3 is 2.96 bits per heavy atom. The maximum Gasteiger partial charge on any atom is 0.191 e. The summed E-state index contributed by atoms with van der Waals surface area (Å²) >= 11 is 0. The van der Waals surface area contributed by atoms with Gasteiger partial charge in [0.2, 0.25) is 0 Å². The number of nitrogens with zero attached hydrogens (tertiary/aromatic N) is 4. The van der Waals surface area contributed by atoms with Crippen molar-refractivity contribution in [2.24, 2.45) is 4.99 Å². The second-order valence-electron chi connectivity index (χ2n) is 7.24. The summed E-state index contributed by atoms with van der Waals surface area (Å²) in [7, 11) is 1.66. The van der Waals surface area contributed by atoms with Gasteiger partial charge in [-0.1, -0.05) is 0 Å². The Morgan fingerprint density at radius 1 is 1.32 bits per heavy atom. The summed E-state index contributed by atoms with van der Waals surface area (Å²) in [6.45, 7) is 7.31. The van der Waals surface area contributed by atoms with E-state index in [4.69, 9.17) is 19.2 Å². The fraction of sp³-hybridized carbons (Fsp3) is 0.842. The van der Waals surface area contributed by atoms with Crippen LogP contribution in [-0.4, -0.2) is 72.9 Å². The third kappa shape index (κ3) is 6.42. The van der Waals surface area contributed by atoms with Crippen LogP contribution < -0.4 is 10.6 Å². The van der Waals surface area contributed by atoms with Crippen LogP contribution in [0.4, 0.5) is 0 Å². The Labute approximate surface area is 167 Å². The molecule has 1 aromatic heterocycles. The molecule has 2 N–H and O–H groups in total. The number of aliphatic imine (C=N–C) groups is 1. The minimum Gasteiger partial charge on any atom is -0.381 e. The molecule has 0 radical (unpaired) electrons. The molecule has 0 saturated carbocycles. The highest BCUT2D eigenvalue weighted by Crippen LogP contribution is 2.13. The highest BCUT2D eigenvalue weighted by Gasteiger charge is 2.22. The summed E-state index contributed by atoms with van der Waals surface area (Å²) < 4.78 is 18.4. The number of methoxy groups -OCH3 is 1. The first-order chi connectivity index (χ1) is 13.8. The maximum absolute atomic E-state index is 5.92. The molecule has 9 heteroatoms. The van der Waals surface area contributed by atoms with Crippen molar-refractivity contribution in [3.8, 4) is 0 Å². The lowest BCUT2D eigenvalue weighted by molar-refractivity contribution is -0.0318. The van der Waals surface area contributed by atoms with Crippen molar-refractivity contribution in [2.75, 3.05) is 40.0 Å². The van der Waals surface area contributed by atoms with Gasteiger partial charge in [0.1, 0.15) is 12.4 Å². The quantitative estimate of drug-likeness (QED) is 0.365. The van der Waals surface area contributed by atoms with Gasteiger partial charge >= 0.3 is 0 Å². The predicted molar refractivity (Wildman–Crippen MR) is 106 cm³/mol. The molecule has 1 atom stereocenters. The Hall–Kier alpha value is -1.71. The summed E-state index contributed by atoms with van der Waals surface area (Å²) in [5.41, 5.74) is 0. The second-order valence-corrected chi connectivity index (χ2v) is 7.24. The van der Waals surface area contributed by atoms with E-state index in [9.17, 15) is 0 Å². The molecule has 3 rings (SSSR count). The smallest absolute Gasteiger partial charge is 0.191 e. The van der Waals surface area contributed by atoms with Crippen LogP contribution in [-0.2, 0) is 33.8 Å². The first-order valence-electron chi connectivity index (χ1n) is 10.4. The van der Waals surface area contributed by atoms with Gasteiger partial charge in [-0.05, 0) is 32.6 Å². The average molecular weight is 395 g/mol. The van der Waals surface area contributed by atoms with Crippen LogP contribution in [0.15, 0.2) is 4.99 Å². The van der Waals surface area contributed by atoms with Crippen LogP contribution >= 0.6 is 0 Å². The molecule has 3 heterocycles. The van der Waals surface area contributed by atoms with Crippen molar-refractivity contribution in [1.29, 1.82) is 0 Å². The number of guanidine groups is 1. The van der Waals surface area contributed by atoms with Crippen LogP contribution in [0.1, 0.15) is 44.3 Å². The molecular weight excluding hydrogens is 360 g/mol. The zero-order chi connectivity index (χ0) is 19.6. The molecule has 2 aliphatic heterocycles. The molecule has 0 aromatic carbocycles. The molecule has 28 heavy (non-hydrogen) atoms. The van der Waals surface area contributed by atoms with E-state index in [2.05, 4.69) is 27.6 Å². The first kappa shape index (κ1) is 21.0. The van der Waals surface area contributed by atoms with Crippen molar-refractivity contribution in [2.45, 2.75) is 64.3 Å². The molecule has 0 amide bonds. The summed E-state index contributed by atoms with van der Waals surface area (Å²) in [5.74, 6) is 2.65. The Bertz CT molecular complexity index is 615. The van der Waals surface area contributed by atoms with Gasteiger partial charge in [-0.3, -0.25) is 4.99 Å². The van der Waals surface area contributed by atoms with Gasteiger partial charge < -0.3 is 24.8 Å². The zero-order valence-electron chi connectivity index (χ0n) is 17.2. The van der Waals surface area contributed by atoms with Gasteiger partial charge in [0.05, 0.1) is 12.6 Å². The number of rotatable bonds is 9. The normalized spacial score (nSPS) is 20.8. The van der Waals surface area contributed by atoms with Crippen molar-refractivity contribution in [3.63, 3.8) is 0 Å². The number of aryl methyl sites for hydroxylation is 1. The van der Waals surface area contributed by atoms with Gasteiger partial charge in [0, 0.05) is 52.5 Å². The number of fused-ring (bicyclic) bond motifs is 1. The monoisotopic (exact) mass is 394 g/mol. The number of hydrogen-bond acceptors (Lipinski definition) is 6. The minimum absolute atomic E-state index is 0.292. The Kier molecular flexibility index (Phi) is 8.50. The maximum atomic E-state index is 5.92. The van der Waals surface area contributed by atoms with Gasteiger partial charge in [0.25, 0.3) is 0 Å². The molecule has 9 nitrogen and oxygen atoms in total. The molecule has 158 valence electrons. The van der Waals surface area contributed by atoms with Crippen molar-refractivity contribution < 1.29 is 14.2 Å². The SMILES string of the molecule is CCNC(=NCCCOC1CCOCC1)NC1CCc2nc(COC)nn2C1. The molecule has 1 unspecified atom stereocenters. The van der Waals surface area contributed by atoms with Crippen LogP contribution in [0.2, 0.25) is 0 Å². The molecule has 0 spiro atoms. The van der Waals surface area contributed by atoms with E-state index in [0.29, 0.717) is 18.8 Å². The summed E-state index contributed by atoms with van der Waals surface area (Å²) in [4.78, 5) is 9.24. The van der Waals surface area contributed by atoms with Gasteiger partial charge in [-0.2, -0.15) is 5.10 Å². The van der Waals surface area contributed by atoms with Gasteiger partial charge in [0.15, 0.2) is 11.8 Å². The summed E-state index contributed by atoms with van der Waals surface area (Å²) in [6.07, 6.45) is 5.21. The van der Waals surface area contributed by atoms with Crippen LogP contribution in [0, 0.1) is 0 Å². The van der Waals surface area contributed by atoms with E-state index in [-0.39, 0.29) is 0 Å². The van der Waals surface area contributed by atoms with Crippen molar-refractivity contribution >= 4 is 5.96 Å². The molecule has 2 aliphatic rings. The third-order valence-corrected chi connectivity index (χ3v) is 4.95. The van der Waals surface area contributed by atoms with E-state index in [0.717, 1.165) is 89.2 Å². The molecule has 1 saturated heterocycles. The van der Waals surface area contributed by atoms with Crippen LogP contribution in [0.25, 0.3) is 0 Å². The van der Waals surface area contributed by atoms with Crippen molar-refractivity contribution in [1.82, 2.24) is 25.4 Å². The fourth-order valence-corrected chi connectivity index (χ4v) is 3.53. The lowest BCUT2D eigenvalue weighted by Gasteiger charge is -2.25. The van der Waals surface area contributed by atoms with E-state index in [1.54, 1.807) is 7.11 Å². The average Bonchev–Trinajstić information content (AvgIpc) is 3.10. The van der Waals surface area contributed by atoms with E-state index in [1.807, 2.05) is 4.68 Å². The van der Waals surface area contributed by atoms with E-state index in [1.165, 1.54) is 0 Å². The Balaban J connectivity index is 1.42. The fourth-order valence-electron chi connectivity index (χ4n) is 3.53. The van der Waals surface area contributed by atoms with Crippen LogP contribution in [0.5, 0.6) is 0 Å². The van der Waals surface area contributed by atoms with Gasteiger partial charge in [-0.15, -0.1) is 0 Å². The number of aromatic nitrogens is 3. The van der Waals surface area contributed by atoms with Crippen LogP contribution in [0.3, 0.4) is 0 Å². The molecule has 0 bridgehead atoms. The Morgan fingerprint density at radius 2 is 2.18 bits per heavy atom. The zero-order valence-corrected chi connectivity index (χ0v) is 17.2. The highest BCUT2D eigenvalue weighted by molar-refractivity contribution is 5.80. The summed E-state index contributed by atoms with van der Waals surface area (Å²) in [5, 5.41) is 11.4. The van der Waals surface area contributed by atoms with Crippen molar-refractivity contribution in [3.05, 3.63) is 11.6 Å². The predicted octanol–water partition coefficient (Wildman–Crippen LogP) is 0.880. The molecule has 1 fully saturated rings. The lowest BCUT2D eigenvalue weighted by atomic mass is 10.1. The van der Waals surface area contributed by atoms with E-state index >= 15 is 0 Å². The largest absolute Gasteiger partial charge is 0.381 e. The van der Waals surface area contributed by atoms with Gasteiger partial charge in [-0.25, -0.2) is 9.67 Å². The second kappa shape index (κ2) is 11.3. The minimum atomic E-state index is 0.292. The standard InChI is InChI=1S/C19H34N6O3/c1-3-20-19(21-9-4-10-28-16-7-11-27-12-8-16)22-15-5-6-18-23-17(14-26-2)24-25(18)13-15/h15-16H,3-14H2,1-2H3,(H2,20,21,22). The van der Waals surface area contributed by atoms with E-state index < -0.39 is 0 Å². The topological polar surface area (TPSA) is 94.8 Å². The molecule has 0 aliphatic carbocycles.